The third kappa shape index (κ3) is 3.08. The molecule has 2 rings (SSSR count). The van der Waals surface area contributed by atoms with Gasteiger partial charge in [0.1, 0.15) is 11.9 Å². The van der Waals surface area contributed by atoms with Gasteiger partial charge in [0.05, 0.1) is 36.4 Å². The Bertz CT molecular complexity index is 466. The van der Waals surface area contributed by atoms with E-state index in [1.165, 1.54) is 7.11 Å². The fourth-order valence-corrected chi connectivity index (χ4v) is 2.57. The van der Waals surface area contributed by atoms with Crippen molar-refractivity contribution in [2.45, 2.75) is 12.1 Å². The molecule has 1 fully saturated rings. The number of carbonyl (C=O) groups excluding carboxylic acids is 1. The number of carbonyl (C=O) groups is 1. The molecule has 1 heterocycles. The van der Waals surface area contributed by atoms with Crippen LogP contribution in [0.3, 0.4) is 0 Å². The Labute approximate surface area is 120 Å². The number of methoxy groups -OCH3 is 2. The zero-order valence-corrected chi connectivity index (χ0v) is 12.4. The van der Waals surface area contributed by atoms with Gasteiger partial charge in [0, 0.05) is 7.11 Å². The minimum Gasteiger partial charge on any atom is -0.495 e. The quantitative estimate of drug-likeness (QED) is 0.911. The molecule has 1 aromatic carbocycles. The summed E-state index contributed by atoms with van der Waals surface area (Å²) in [5, 5.41) is 2.91. The summed E-state index contributed by atoms with van der Waals surface area (Å²) in [6, 6.07) is 5.20. The van der Waals surface area contributed by atoms with Gasteiger partial charge in [-0.3, -0.25) is 4.79 Å². The van der Waals surface area contributed by atoms with E-state index in [4.69, 9.17) is 14.2 Å². The van der Waals surface area contributed by atoms with Crippen molar-refractivity contribution < 1.29 is 19.0 Å². The summed E-state index contributed by atoms with van der Waals surface area (Å²) in [5.74, 6) is 0.323. The molecule has 0 radical (unpaired) electrons. The van der Waals surface area contributed by atoms with Gasteiger partial charge in [-0.05, 0) is 28.1 Å². The molecular formula is C13H16BrNO4. The fraction of sp³-hybridized carbons (Fsp3) is 0.462. The lowest BCUT2D eigenvalue weighted by Gasteiger charge is -2.18. The number of nitrogens with one attached hydrogen (secondary N) is 1. The van der Waals surface area contributed by atoms with Crippen LogP contribution in [-0.2, 0) is 9.47 Å². The highest BCUT2D eigenvalue weighted by Gasteiger charge is 2.30. The Morgan fingerprint density at radius 1 is 1.42 bits per heavy atom. The van der Waals surface area contributed by atoms with Gasteiger partial charge in [0.25, 0.3) is 5.91 Å². The number of benzene rings is 1. The lowest BCUT2D eigenvalue weighted by Crippen LogP contribution is -2.43. The van der Waals surface area contributed by atoms with Crippen LogP contribution in [-0.4, -0.2) is 45.5 Å². The lowest BCUT2D eigenvalue weighted by atomic mass is 10.1. The van der Waals surface area contributed by atoms with Crippen molar-refractivity contribution in [1.29, 1.82) is 0 Å². The molecule has 1 saturated heterocycles. The second kappa shape index (κ2) is 6.36. The van der Waals surface area contributed by atoms with Crippen LogP contribution in [0, 0.1) is 0 Å². The average molecular weight is 330 g/mol. The predicted octanol–water partition coefficient (Wildman–Crippen LogP) is 1.60. The zero-order valence-electron chi connectivity index (χ0n) is 10.8. The van der Waals surface area contributed by atoms with Crippen molar-refractivity contribution >= 4 is 21.8 Å². The Balaban J connectivity index is 2.14. The standard InChI is InChI=1S/C13H16BrNO4/c1-17-11-7-19-6-10(11)15-13(16)8-4-3-5-9(14)12(8)18-2/h3-5,10-11H,6-7H2,1-2H3,(H,15,16)/t10-,11+/m1/s1. The summed E-state index contributed by atoms with van der Waals surface area (Å²) in [7, 11) is 3.14. The highest BCUT2D eigenvalue weighted by atomic mass is 79.9. The van der Waals surface area contributed by atoms with Crippen molar-refractivity contribution in [3.8, 4) is 5.75 Å². The number of amides is 1. The summed E-state index contributed by atoms with van der Waals surface area (Å²) in [6.07, 6.45) is -0.109. The first-order valence-electron chi connectivity index (χ1n) is 5.91. The van der Waals surface area contributed by atoms with E-state index in [0.717, 1.165) is 4.47 Å². The largest absolute Gasteiger partial charge is 0.495 e. The summed E-state index contributed by atoms with van der Waals surface area (Å²) >= 11 is 3.36. The fourth-order valence-electron chi connectivity index (χ4n) is 2.04. The van der Waals surface area contributed by atoms with Crippen LogP contribution in [0.25, 0.3) is 0 Å². The van der Waals surface area contributed by atoms with Crippen LogP contribution >= 0.6 is 15.9 Å². The molecule has 0 aromatic heterocycles. The molecule has 1 N–H and O–H groups in total. The van der Waals surface area contributed by atoms with E-state index in [1.54, 1.807) is 19.2 Å². The second-order valence-electron chi connectivity index (χ2n) is 4.21. The number of hydrogen-bond acceptors (Lipinski definition) is 4. The van der Waals surface area contributed by atoms with Gasteiger partial charge in [-0.25, -0.2) is 0 Å². The maximum Gasteiger partial charge on any atom is 0.255 e. The minimum absolute atomic E-state index is 0.109. The number of halogens is 1. The monoisotopic (exact) mass is 329 g/mol. The summed E-state index contributed by atoms with van der Waals surface area (Å²) in [4.78, 5) is 12.3. The highest BCUT2D eigenvalue weighted by Crippen LogP contribution is 2.28. The zero-order chi connectivity index (χ0) is 13.8. The molecule has 0 aliphatic carbocycles. The molecule has 2 atom stereocenters. The molecule has 0 saturated carbocycles. The molecule has 6 heteroatoms. The van der Waals surface area contributed by atoms with E-state index in [1.807, 2.05) is 6.07 Å². The average Bonchev–Trinajstić information content (AvgIpc) is 2.85. The molecule has 1 aliphatic heterocycles. The van der Waals surface area contributed by atoms with E-state index in [2.05, 4.69) is 21.2 Å². The van der Waals surface area contributed by atoms with E-state index in [0.29, 0.717) is 24.5 Å². The van der Waals surface area contributed by atoms with Crippen LogP contribution in [0.15, 0.2) is 22.7 Å². The van der Waals surface area contributed by atoms with Crippen molar-refractivity contribution in [1.82, 2.24) is 5.32 Å². The lowest BCUT2D eigenvalue weighted by molar-refractivity contribution is 0.0684. The van der Waals surface area contributed by atoms with Gasteiger partial charge in [-0.1, -0.05) is 6.07 Å². The van der Waals surface area contributed by atoms with Crippen LogP contribution in [0.4, 0.5) is 0 Å². The smallest absolute Gasteiger partial charge is 0.255 e. The van der Waals surface area contributed by atoms with Crippen LogP contribution in [0.2, 0.25) is 0 Å². The Morgan fingerprint density at radius 2 is 2.21 bits per heavy atom. The molecule has 1 amide bonds. The maximum atomic E-state index is 12.3. The van der Waals surface area contributed by atoms with Gasteiger partial charge < -0.3 is 19.5 Å². The predicted molar refractivity (Wildman–Crippen MR) is 73.6 cm³/mol. The van der Waals surface area contributed by atoms with Crippen molar-refractivity contribution in [3.63, 3.8) is 0 Å². The van der Waals surface area contributed by atoms with E-state index in [9.17, 15) is 4.79 Å². The third-order valence-corrected chi connectivity index (χ3v) is 3.69. The minimum atomic E-state index is -0.198. The molecule has 5 nitrogen and oxygen atoms in total. The summed E-state index contributed by atoms with van der Waals surface area (Å²) in [5.41, 5.74) is 0.485. The molecule has 0 bridgehead atoms. The first-order chi connectivity index (χ1) is 9.17. The van der Waals surface area contributed by atoms with E-state index >= 15 is 0 Å². The third-order valence-electron chi connectivity index (χ3n) is 3.06. The van der Waals surface area contributed by atoms with Gasteiger partial charge in [-0.2, -0.15) is 0 Å². The normalized spacial score (nSPS) is 22.3. The number of hydrogen-bond donors (Lipinski definition) is 1. The molecule has 1 aliphatic rings. The van der Waals surface area contributed by atoms with Crippen LogP contribution in [0.5, 0.6) is 5.75 Å². The molecule has 1 aromatic rings. The number of para-hydroxylation sites is 1. The summed E-state index contributed by atoms with van der Waals surface area (Å²) < 4.78 is 16.5. The second-order valence-corrected chi connectivity index (χ2v) is 5.07. The first kappa shape index (κ1) is 14.3. The van der Waals surface area contributed by atoms with Crippen LogP contribution < -0.4 is 10.1 Å². The van der Waals surface area contributed by atoms with Crippen molar-refractivity contribution in [2.24, 2.45) is 0 Å². The van der Waals surface area contributed by atoms with Crippen molar-refractivity contribution in [3.05, 3.63) is 28.2 Å². The van der Waals surface area contributed by atoms with E-state index in [-0.39, 0.29) is 18.1 Å². The SMILES string of the molecule is COc1c(Br)cccc1C(=O)N[C@@H]1COC[C@@H]1OC. The molecule has 0 unspecified atom stereocenters. The van der Waals surface area contributed by atoms with Gasteiger partial charge in [0.15, 0.2) is 0 Å². The van der Waals surface area contributed by atoms with Gasteiger partial charge in [-0.15, -0.1) is 0 Å². The van der Waals surface area contributed by atoms with Crippen molar-refractivity contribution in [2.75, 3.05) is 27.4 Å². The molecular weight excluding hydrogens is 314 g/mol. The van der Waals surface area contributed by atoms with E-state index < -0.39 is 0 Å². The maximum absolute atomic E-state index is 12.3. The van der Waals surface area contributed by atoms with Gasteiger partial charge in [0.2, 0.25) is 0 Å². The summed E-state index contributed by atoms with van der Waals surface area (Å²) in [6.45, 7) is 0.956. The molecule has 19 heavy (non-hydrogen) atoms. The molecule has 104 valence electrons. The Morgan fingerprint density at radius 3 is 2.89 bits per heavy atom. The number of ether oxygens (including phenoxy) is 3. The number of rotatable bonds is 4. The highest BCUT2D eigenvalue weighted by molar-refractivity contribution is 9.10. The first-order valence-corrected chi connectivity index (χ1v) is 6.70. The van der Waals surface area contributed by atoms with Gasteiger partial charge >= 0.3 is 0 Å². The Hall–Kier alpha value is -1.11. The molecule has 0 spiro atoms. The van der Waals surface area contributed by atoms with Crippen LogP contribution in [0.1, 0.15) is 10.4 Å². The topological polar surface area (TPSA) is 56.8 Å². The Kier molecular flexibility index (Phi) is 4.79.